The van der Waals surface area contributed by atoms with Gasteiger partial charge in [-0.25, -0.2) is 4.79 Å². The van der Waals surface area contributed by atoms with Crippen molar-refractivity contribution in [1.29, 1.82) is 0 Å². The first-order chi connectivity index (χ1) is 9.05. The van der Waals surface area contributed by atoms with E-state index in [0.717, 1.165) is 37.1 Å². The number of carboxylic acid groups (broad SMARTS) is 1. The topological polar surface area (TPSA) is 84.6 Å². The molecule has 0 aliphatic heterocycles. The zero-order chi connectivity index (χ0) is 13.5. The van der Waals surface area contributed by atoms with Gasteiger partial charge in [0, 0.05) is 17.0 Å². The summed E-state index contributed by atoms with van der Waals surface area (Å²) in [7, 11) is 0. The highest BCUT2D eigenvalue weighted by molar-refractivity contribution is 5.66. The standard InChI is InChI=1S/C13H18N2O4/c1-2-9-3-10(19-15-9)4-18-8-12-5-13(6-12,7-12)14-11(16)17/h3,14H,2,4-8H2,1H3,(H,16,17). The first kappa shape index (κ1) is 12.5. The van der Waals surface area contributed by atoms with Crippen LogP contribution >= 0.6 is 0 Å². The summed E-state index contributed by atoms with van der Waals surface area (Å²) in [4.78, 5) is 10.6. The first-order valence-electron chi connectivity index (χ1n) is 6.58. The van der Waals surface area contributed by atoms with Crippen LogP contribution in [0, 0.1) is 5.41 Å². The number of ether oxygens (including phenoxy) is 1. The summed E-state index contributed by atoms with van der Waals surface area (Å²) in [6.45, 7) is 3.13. The Kier molecular flexibility index (Phi) is 2.78. The summed E-state index contributed by atoms with van der Waals surface area (Å²) in [5.41, 5.74) is 0.973. The van der Waals surface area contributed by atoms with E-state index in [9.17, 15) is 4.79 Å². The van der Waals surface area contributed by atoms with E-state index in [-0.39, 0.29) is 11.0 Å². The second kappa shape index (κ2) is 4.23. The highest BCUT2D eigenvalue weighted by atomic mass is 16.5. The van der Waals surface area contributed by atoms with Gasteiger partial charge in [-0.15, -0.1) is 0 Å². The molecule has 3 aliphatic carbocycles. The first-order valence-corrected chi connectivity index (χ1v) is 6.58. The average Bonchev–Trinajstić information content (AvgIpc) is 2.71. The predicted octanol–water partition coefficient (Wildman–Crippen LogP) is 1.94. The van der Waals surface area contributed by atoms with Gasteiger partial charge in [0.25, 0.3) is 0 Å². The second-order valence-electron chi connectivity index (χ2n) is 5.87. The van der Waals surface area contributed by atoms with Crippen LogP contribution in [0.25, 0.3) is 0 Å². The molecule has 3 aliphatic rings. The van der Waals surface area contributed by atoms with Gasteiger partial charge < -0.3 is 19.7 Å². The van der Waals surface area contributed by atoms with Gasteiger partial charge in [-0.3, -0.25) is 0 Å². The smallest absolute Gasteiger partial charge is 0.405 e. The highest BCUT2D eigenvalue weighted by Gasteiger charge is 2.68. The summed E-state index contributed by atoms with van der Waals surface area (Å²) in [6, 6.07) is 1.91. The van der Waals surface area contributed by atoms with E-state index >= 15 is 0 Å². The Hall–Kier alpha value is -1.56. The van der Waals surface area contributed by atoms with E-state index in [1.807, 2.05) is 13.0 Å². The number of rotatable bonds is 6. The van der Waals surface area contributed by atoms with Crippen LogP contribution in [-0.4, -0.2) is 28.5 Å². The SMILES string of the molecule is CCc1cc(COCC23CC(NC(=O)O)(C2)C3)on1. The molecule has 0 aromatic carbocycles. The van der Waals surface area contributed by atoms with E-state index in [2.05, 4.69) is 10.5 Å². The van der Waals surface area contributed by atoms with Gasteiger partial charge in [-0.1, -0.05) is 12.1 Å². The molecule has 3 saturated carbocycles. The molecular formula is C13H18N2O4. The summed E-state index contributed by atoms with van der Waals surface area (Å²) >= 11 is 0. The van der Waals surface area contributed by atoms with Gasteiger partial charge in [-0.05, 0) is 25.7 Å². The molecule has 19 heavy (non-hydrogen) atoms. The maximum absolute atomic E-state index is 10.6. The Morgan fingerprint density at radius 1 is 1.58 bits per heavy atom. The minimum absolute atomic E-state index is 0.156. The van der Waals surface area contributed by atoms with Gasteiger partial charge in [-0.2, -0.15) is 0 Å². The molecular weight excluding hydrogens is 248 g/mol. The van der Waals surface area contributed by atoms with Gasteiger partial charge in [0.15, 0.2) is 5.76 Å². The predicted molar refractivity (Wildman–Crippen MR) is 65.7 cm³/mol. The Labute approximate surface area is 111 Å². The number of carbonyl (C=O) groups is 1. The molecule has 1 amide bonds. The summed E-state index contributed by atoms with van der Waals surface area (Å²) in [6.07, 6.45) is 2.61. The normalized spacial score (nSPS) is 31.4. The number of aryl methyl sites for hydroxylation is 1. The van der Waals surface area contributed by atoms with Crippen LogP contribution in [0.4, 0.5) is 4.79 Å². The minimum atomic E-state index is -0.928. The molecule has 1 heterocycles. The summed E-state index contributed by atoms with van der Waals surface area (Å²) in [5, 5.41) is 15.2. The van der Waals surface area contributed by atoms with Crippen LogP contribution < -0.4 is 5.32 Å². The molecule has 2 bridgehead atoms. The lowest BCUT2D eigenvalue weighted by atomic mass is 9.39. The zero-order valence-corrected chi connectivity index (χ0v) is 10.9. The molecule has 1 aromatic heterocycles. The lowest BCUT2D eigenvalue weighted by Gasteiger charge is -2.70. The van der Waals surface area contributed by atoms with Crippen molar-refractivity contribution in [2.45, 2.75) is 44.8 Å². The van der Waals surface area contributed by atoms with Crippen LogP contribution in [0.3, 0.4) is 0 Å². The fraction of sp³-hybridized carbons (Fsp3) is 0.692. The van der Waals surface area contributed by atoms with Crippen molar-refractivity contribution in [3.05, 3.63) is 17.5 Å². The lowest BCUT2D eigenvalue weighted by Crippen LogP contribution is -2.75. The summed E-state index contributed by atoms with van der Waals surface area (Å²) in [5.74, 6) is 0.752. The lowest BCUT2D eigenvalue weighted by molar-refractivity contribution is -0.188. The third-order valence-corrected chi connectivity index (χ3v) is 4.13. The molecule has 2 N–H and O–H groups in total. The largest absolute Gasteiger partial charge is 0.465 e. The van der Waals surface area contributed by atoms with Crippen molar-refractivity contribution >= 4 is 6.09 Å². The van der Waals surface area contributed by atoms with Gasteiger partial charge >= 0.3 is 6.09 Å². The van der Waals surface area contributed by atoms with Gasteiger partial charge in [0.1, 0.15) is 6.61 Å². The van der Waals surface area contributed by atoms with E-state index in [0.29, 0.717) is 13.2 Å². The Morgan fingerprint density at radius 2 is 2.32 bits per heavy atom. The minimum Gasteiger partial charge on any atom is -0.465 e. The maximum atomic E-state index is 10.6. The third kappa shape index (κ3) is 2.20. The number of nitrogens with zero attached hydrogens (tertiary/aromatic N) is 1. The Balaban J connectivity index is 1.40. The van der Waals surface area contributed by atoms with Crippen molar-refractivity contribution in [2.75, 3.05) is 6.61 Å². The number of aromatic nitrogens is 1. The van der Waals surface area contributed by atoms with E-state index in [1.54, 1.807) is 0 Å². The van der Waals surface area contributed by atoms with E-state index in [4.69, 9.17) is 14.4 Å². The Bertz CT molecular complexity index is 477. The van der Waals surface area contributed by atoms with Crippen molar-refractivity contribution in [3.8, 4) is 0 Å². The molecule has 6 heteroatoms. The summed E-state index contributed by atoms with van der Waals surface area (Å²) < 4.78 is 10.8. The van der Waals surface area contributed by atoms with Crippen molar-refractivity contribution < 1.29 is 19.2 Å². The number of hydrogen-bond donors (Lipinski definition) is 2. The fourth-order valence-electron chi connectivity index (χ4n) is 3.47. The van der Waals surface area contributed by atoms with E-state index in [1.165, 1.54) is 0 Å². The van der Waals surface area contributed by atoms with Crippen LogP contribution in [0.2, 0.25) is 0 Å². The van der Waals surface area contributed by atoms with E-state index < -0.39 is 6.09 Å². The molecule has 0 unspecified atom stereocenters. The number of nitrogens with one attached hydrogen (secondary N) is 1. The van der Waals surface area contributed by atoms with Crippen molar-refractivity contribution in [2.24, 2.45) is 5.41 Å². The second-order valence-corrected chi connectivity index (χ2v) is 5.87. The molecule has 6 nitrogen and oxygen atoms in total. The molecule has 0 spiro atoms. The maximum Gasteiger partial charge on any atom is 0.405 e. The molecule has 0 radical (unpaired) electrons. The molecule has 0 saturated heterocycles. The van der Waals surface area contributed by atoms with Gasteiger partial charge in [0.05, 0.1) is 12.3 Å². The molecule has 0 atom stereocenters. The third-order valence-electron chi connectivity index (χ3n) is 4.13. The van der Waals surface area contributed by atoms with Crippen molar-refractivity contribution in [3.63, 3.8) is 0 Å². The van der Waals surface area contributed by atoms with Gasteiger partial charge in [0.2, 0.25) is 0 Å². The van der Waals surface area contributed by atoms with Crippen LogP contribution in [-0.2, 0) is 17.8 Å². The molecule has 1 aromatic rings. The zero-order valence-electron chi connectivity index (χ0n) is 10.9. The number of hydrogen-bond acceptors (Lipinski definition) is 4. The van der Waals surface area contributed by atoms with Crippen molar-refractivity contribution in [1.82, 2.24) is 10.5 Å². The Morgan fingerprint density at radius 3 is 2.89 bits per heavy atom. The number of amides is 1. The molecule has 4 rings (SSSR count). The van der Waals surface area contributed by atoms with Crippen LogP contribution in [0.1, 0.15) is 37.6 Å². The molecule has 3 fully saturated rings. The highest BCUT2D eigenvalue weighted by Crippen LogP contribution is 2.67. The average molecular weight is 266 g/mol. The quantitative estimate of drug-likeness (QED) is 0.822. The monoisotopic (exact) mass is 266 g/mol. The van der Waals surface area contributed by atoms with Crippen LogP contribution in [0.5, 0.6) is 0 Å². The fourth-order valence-corrected chi connectivity index (χ4v) is 3.47. The van der Waals surface area contributed by atoms with Crippen LogP contribution in [0.15, 0.2) is 10.6 Å². The molecule has 104 valence electrons.